The summed E-state index contributed by atoms with van der Waals surface area (Å²) < 4.78 is 5.66. The normalized spacial score (nSPS) is 12.4. The number of para-hydroxylation sites is 1. The van der Waals surface area contributed by atoms with Crippen LogP contribution >= 0.6 is 15.9 Å². The summed E-state index contributed by atoms with van der Waals surface area (Å²) >= 11 is 3.57. The molecule has 0 N–H and O–H groups in total. The minimum absolute atomic E-state index is 0.810. The lowest BCUT2D eigenvalue weighted by Crippen LogP contribution is -2.05. The zero-order valence-electron chi connectivity index (χ0n) is 9.99. The molecule has 0 aromatic heterocycles. The first kappa shape index (κ1) is 13.6. The monoisotopic (exact) mass is 284 g/mol. The zero-order chi connectivity index (χ0) is 11.6. The van der Waals surface area contributed by atoms with Crippen molar-refractivity contribution in [1.82, 2.24) is 0 Å². The van der Waals surface area contributed by atoms with Crippen LogP contribution in [0, 0.1) is 5.92 Å². The van der Waals surface area contributed by atoms with Crippen LogP contribution in [0.25, 0.3) is 0 Å². The highest BCUT2D eigenvalue weighted by Gasteiger charge is 2.05. The van der Waals surface area contributed by atoms with Crippen LogP contribution in [0.15, 0.2) is 30.3 Å². The maximum Gasteiger partial charge on any atom is 0.119 e. The fraction of sp³-hybridized carbons (Fsp3) is 0.571. The molecule has 0 saturated heterocycles. The number of benzene rings is 1. The molecule has 0 heterocycles. The van der Waals surface area contributed by atoms with E-state index in [4.69, 9.17) is 4.74 Å². The standard InChI is InChI=1S/C14H21BrO/c1-2-7-13(12-15)8-6-11-16-14-9-4-3-5-10-14/h3-5,9-10,13H,2,6-8,11-12H2,1H3. The second-order valence-electron chi connectivity index (χ2n) is 4.11. The largest absolute Gasteiger partial charge is 0.494 e. The number of hydrogen-bond donors (Lipinski definition) is 0. The molecule has 1 aromatic rings. The number of halogens is 1. The molecule has 0 bridgehead atoms. The van der Waals surface area contributed by atoms with Gasteiger partial charge < -0.3 is 4.74 Å². The maximum absolute atomic E-state index is 5.66. The lowest BCUT2D eigenvalue weighted by Gasteiger charge is -2.12. The minimum Gasteiger partial charge on any atom is -0.494 e. The third-order valence-corrected chi connectivity index (χ3v) is 3.60. The Kier molecular flexibility index (Phi) is 7.32. The van der Waals surface area contributed by atoms with Gasteiger partial charge in [0.25, 0.3) is 0 Å². The van der Waals surface area contributed by atoms with Gasteiger partial charge in [0.05, 0.1) is 6.61 Å². The molecule has 0 aliphatic heterocycles. The van der Waals surface area contributed by atoms with Crippen molar-refractivity contribution in [3.8, 4) is 5.75 Å². The predicted molar refractivity (Wildman–Crippen MR) is 73.4 cm³/mol. The first-order valence-corrected chi connectivity index (χ1v) is 7.22. The first-order valence-electron chi connectivity index (χ1n) is 6.10. The summed E-state index contributed by atoms with van der Waals surface area (Å²) in [6.45, 7) is 3.08. The van der Waals surface area contributed by atoms with Gasteiger partial charge >= 0.3 is 0 Å². The number of rotatable bonds is 8. The molecule has 0 fully saturated rings. The van der Waals surface area contributed by atoms with Gasteiger partial charge in [-0.05, 0) is 37.3 Å². The van der Waals surface area contributed by atoms with Crippen molar-refractivity contribution in [3.63, 3.8) is 0 Å². The van der Waals surface area contributed by atoms with Gasteiger partial charge in [-0.1, -0.05) is 47.5 Å². The Hall–Kier alpha value is -0.500. The number of hydrogen-bond acceptors (Lipinski definition) is 1. The highest BCUT2D eigenvalue weighted by molar-refractivity contribution is 9.09. The topological polar surface area (TPSA) is 9.23 Å². The van der Waals surface area contributed by atoms with Crippen LogP contribution in [0.2, 0.25) is 0 Å². The van der Waals surface area contributed by atoms with Crippen molar-refractivity contribution in [3.05, 3.63) is 30.3 Å². The van der Waals surface area contributed by atoms with Crippen LogP contribution in [0.1, 0.15) is 32.6 Å². The molecule has 0 radical (unpaired) electrons. The summed E-state index contributed by atoms with van der Waals surface area (Å²) in [6.07, 6.45) is 4.99. The van der Waals surface area contributed by atoms with Crippen molar-refractivity contribution in [1.29, 1.82) is 0 Å². The summed E-state index contributed by atoms with van der Waals surface area (Å²) in [5.74, 6) is 1.79. The average Bonchev–Trinajstić information content (AvgIpc) is 2.34. The molecule has 16 heavy (non-hydrogen) atoms. The fourth-order valence-electron chi connectivity index (χ4n) is 1.79. The van der Waals surface area contributed by atoms with Crippen LogP contribution in [-0.4, -0.2) is 11.9 Å². The van der Waals surface area contributed by atoms with E-state index in [2.05, 4.69) is 22.9 Å². The second-order valence-corrected chi connectivity index (χ2v) is 4.76. The molecule has 1 atom stereocenters. The molecular formula is C14H21BrO. The van der Waals surface area contributed by atoms with Gasteiger partial charge in [-0.2, -0.15) is 0 Å². The fourth-order valence-corrected chi connectivity index (χ4v) is 2.43. The Morgan fingerprint density at radius 1 is 1.19 bits per heavy atom. The quantitative estimate of drug-likeness (QED) is 0.498. The van der Waals surface area contributed by atoms with E-state index in [0.717, 1.165) is 30.0 Å². The predicted octanol–water partition coefficient (Wildman–Crippen LogP) is 4.66. The first-order chi connectivity index (χ1) is 7.86. The maximum atomic E-state index is 5.66. The lowest BCUT2D eigenvalue weighted by molar-refractivity contribution is 0.293. The highest BCUT2D eigenvalue weighted by Crippen LogP contribution is 2.16. The summed E-state index contributed by atoms with van der Waals surface area (Å²) in [5.41, 5.74) is 0. The van der Waals surface area contributed by atoms with Crippen LogP contribution in [0.5, 0.6) is 5.75 Å². The molecule has 2 heteroatoms. The van der Waals surface area contributed by atoms with Crippen LogP contribution in [0.3, 0.4) is 0 Å². The summed E-state index contributed by atoms with van der Waals surface area (Å²) in [6, 6.07) is 10.0. The summed E-state index contributed by atoms with van der Waals surface area (Å²) in [4.78, 5) is 0. The average molecular weight is 285 g/mol. The van der Waals surface area contributed by atoms with Gasteiger partial charge in [-0.15, -0.1) is 0 Å². The third kappa shape index (κ3) is 5.55. The molecule has 0 amide bonds. The zero-order valence-corrected chi connectivity index (χ0v) is 11.6. The molecular weight excluding hydrogens is 264 g/mol. The van der Waals surface area contributed by atoms with Gasteiger partial charge in [0.15, 0.2) is 0 Å². The summed E-state index contributed by atoms with van der Waals surface area (Å²) in [5, 5.41) is 1.12. The van der Waals surface area contributed by atoms with E-state index >= 15 is 0 Å². The molecule has 0 aliphatic carbocycles. The highest BCUT2D eigenvalue weighted by atomic mass is 79.9. The number of ether oxygens (including phenoxy) is 1. The summed E-state index contributed by atoms with van der Waals surface area (Å²) in [7, 11) is 0. The lowest BCUT2D eigenvalue weighted by atomic mass is 10.0. The Labute approximate surface area is 107 Å². The smallest absolute Gasteiger partial charge is 0.119 e. The molecule has 90 valence electrons. The van der Waals surface area contributed by atoms with Crippen molar-refractivity contribution in [2.45, 2.75) is 32.6 Å². The Morgan fingerprint density at radius 3 is 2.56 bits per heavy atom. The van der Waals surface area contributed by atoms with Gasteiger partial charge in [0, 0.05) is 5.33 Å². The van der Waals surface area contributed by atoms with E-state index in [1.54, 1.807) is 0 Å². The van der Waals surface area contributed by atoms with E-state index in [1.165, 1.54) is 19.3 Å². The number of alkyl halides is 1. The second kappa shape index (κ2) is 8.63. The molecule has 0 spiro atoms. The Bertz CT molecular complexity index is 261. The molecule has 1 rings (SSSR count). The molecule has 1 aromatic carbocycles. The van der Waals surface area contributed by atoms with Gasteiger partial charge in [-0.25, -0.2) is 0 Å². The molecule has 0 aliphatic rings. The molecule has 1 unspecified atom stereocenters. The van der Waals surface area contributed by atoms with Gasteiger partial charge in [0.2, 0.25) is 0 Å². The molecule has 0 saturated carbocycles. The van der Waals surface area contributed by atoms with E-state index in [-0.39, 0.29) is 0 Å². The minimum atomic E-state index is 0.810. The van der Waals surface area contributed by atoms with E-state index < -0.39 is 0 Å². The van der Waals surface area contributed by atoms with E-state index in [1.807, 2.05) is 30.3 Å². The van der Waals surface area contributed by atoms with Crippen molar-refractivity contribution in [2.75, 3.05) is 11.9 Å². The van der Waals surface area contributed by atoms with Crippen LogP contribution < -0.4 is 4.74 Å². The van der Waals surface area contributed by atoms with Gasteiger partial charge in [-0.3, -0.25) is 0 Å². The van der Waals surface area contributed by atoms with Crippen molar-refractivity contribution >= 4 is 15.9 Å². The van der Waals surface area contributed by atoms with Gasteiger partial charge in [0.1, 0.15) is 5.75 Å². The Balaban J connectivity index is 2.11. The molecule has 1 nitrogen and oxygen atoms in total. The van der Waals surface area contributed by atoms with Crippen LogP contribution in [0.4, 0.5) is 0 Å². The van der Waals surface area contributed by atoms with Crippen molar-refractivity contribution in [2.24, 2.45) is 5.92 Å². The SMILES string of the molecule is CCCC(CBr)CCCOc1ccccc1. The van der Waals surface area contributed by atoms with E-state index in [9.17, 15) is 0 Å². The third-order valence-electron chi connectivity index (χ3n) is 2.68. The van der Waals surface area contributed by atoms with Crippen LogP contribution in [-0.2, 0) is 0 Å². The van der Waals surface area contributed by atoms with Crippen molar-refractivity contribution < 1.29 is 4.74 Å². The van der Waals surface area contributed by atoms with E-state index in [0.29, 0.717) is 0 Å². The Morgan fingerprint density at radius 2 is 1.94 bits per heavy atom.